The Kier molecular flexibility index (Phi) is 4.21. The first kappa shape index (κ1) is 15.4. The number of hydrogen-bond acceptors (Lipinski definition) is 2. The summed E-state index contributed by atoms with van der Waals surface area (Å²) >= 11 is 0. The molecule has 0 bridgehead atoms. The highest BCUT2D eigenvalue weighted by Crippen LogP contribution is 2.28. The molecule has 4 nitrogen and oxygen atoms in total. The van der Waals surface area contributed by atoms with Crippen molar-refractivity contribution in [3.8, 4) is 0 Å². The molecule has 1 unspecified atom stereocenters. The summed E-state index contributed by atoms with van der Waals surface area (Å²) in [5.74, 6) is -1.59. The summed E-state index contributed by atoms with van der Waals surface area (Å²) in [5, 5.41) is 0. The van der Waals surface area contributed by atoms with Gasteiger partial charge < -0.3 is 4.90 Å². The van der Waals surface area contributed by atoms with Crippen molar-refractivity contribution in [3.63, 3.8) is 0 Å². The number of anilines is 1. The van der Waals surface area contributed by atoms with E-state index < -0.39 is 17.5 Å². The molecule has 1 atom stereocenters. The molecule has 3 rings (SSSR count). The molecule has 1 aliphatic rings. The van der Waals surface area contributed by atoms with Gasteiger partial charge in [-0.3, -0.25) is 14.5 Å². The standard InChI is InChI=1S/C18H17FN2O2/c1-2-20(11-13-6-4-3-5-7-13)12-21-16-10-14(19)8-9-15(16)17(22)18(21)23/h3-10H,2,11-12H2,1H3/p+1. The zero-order valence-electron chi connectivity index (χ0n) is 12.9. The number of nitrogens with zero attached hydrogens (tertiary/aromatic N) is 1. The quantitative estimate of drug-likeness (QED) is 0.848. The lowest BCUT2D eigenvalue weighted by atomic mass is 10.1. The Hall–Kier alpha value is -2.53. The molecule has 1 amide bonds. The summed E-state index contributed by atoms with van der Waals surface area (Å²) in [6, 6.07) is 13.8. The van der Waals surface area contributed by atoms with Gasteiger partial charge in [0.2, 0.25) is 0 Å². The van der Waals surface area contributed by atoms with Crippen LogP contribution < -0.4 is 9.80 Å². The zero-order valence-corrected chi connectivity index (χ0v) is 12.9. The summed E-state index contributed by atoms with van der Waals surface area (Å²) in [7, 11) is 0. The number of carbonyl (C=O) groups is 2. The van der Waals surface area contributed by atoms with Crippen LogP contribution in [0.2, 0.25) is 0 Å². The average molecular weight is 313 g/mol. The number of ketones is 1. The Morgan fingerprint density at radius 3 is 2.52 bits per heavy atom. The minimum absolute atomic E-state index is 0.284. The number of fused-ring (bicyclic) bond motifs is 1. The molecule has 1 heterocycles. The Balaban J connectivity index is 1.83. The third-order valence-electron chi connectivity index (χ3n) is 4.11. The van der Waals surface area contributed by atoms with E-state index >= 15 is 0 Å². The SMILES string of the molecule is CC[NH+](Cc1ccccc1)CN1C(=O)C(=O)c2ccc(F)cc21. The summed E-state index contributed by atoms with van der Waals surface area (Å²) in [6.45, 7) is 3.89. The van der Waals surface area contributed by atoms with Crippen molar-refractivity contribution in [2.24, 2.45) is 0 Å². The van der Waals surface area contributed by atoms with E-state index in [0.717, 1.165) is 23.6 Å². The predicted molar refractivity (Wildman–Crippen MR) is 84.7 cm³/mol. The third kappa shape index (κ3) is 3.00. The van der Waals surface area contributed by atoms with Crippen LogP contribution in [0.4, 0.5) is 10.1 Å². The molecule has 0 aromatic heterocycles. The summed E-state index contributed by atoms with van der Waals surface area (Å²) in [5.41, 5.74) is 1.81. The van der Waals surface area contributed by atoms with E-state index in [0.29, 0.717) is 12.4 Å². The molecule has 0 saturated heterocycles. The van der Waals surface area contributed by atoms with Crippen LogP contribution in [0, 0.1) is 5.82 Å². The van der Waals surface area contributed by atoms with Gasteiger partial charge in [0, 0.05) is 5.56 Å². The van der Waals surface area contributed by atoms with Crippen LogP contribution in [-0.2, 0) is 11.3 Å². The van der Waals surface area contributed by atoms with E-state index in [2.05, 4.69) is 0 Å². The van der Waals surface area contributed by atoms with Crippen molar-refractivity contribution >= 4 is 17.4 Å². The van der Waals surface area contributed by atoms with E-state index in [1.165, 1.54) is 23.1 Å². The largest absolute Gasteiger partial charge is 0.314 e. The lowest BCUT2D eigenvalue weighted by Crippen LogP contribution is -3.12. The van der Waals surface area contributed by atoms with Crippen molar-refractivity contribution in [3.05, 3.63) is 65.5 Å². The van der Waals surface area contributed by atoms with Crippen LogP contribution in [0.5, 0.6) is 0 Å². The van der Waals surface area contributed by atoms with Crippen LogP contribution in [0.1, 0.15) is 22.8 Å². The number of amides is 1. The number of halogens is 1. The fraction of sp³-hybridized carbons (Fsp3) is 0.222. The Morgan fingerprint density at radius 1 is 1.09 bits per heavy atom. The van der Waals surface area contributed by atoms with E-state index in [1.807, 2.05) is 37.3 Å². The molecule has 0 aliphatic carbocycles. The number of rotatable bonds is 5. The fourth-order valence-electron chi connectivity index (χ4n) is 2.83. The Labute approximate surface area is 134 Å². The molecule has 0 spiro atoms. The lowest BCUT2D eigenvalue weighted by Gasteiger charge is -2.24. The molecule has 5 heteroatoms. The number of nitrogens with one attached hydrogen (secondary N) is 1. The van der Waals surface area contributed by atoms with Crippen LogP contribution in [-0.4, -0.2) is 24.9 Å². The second kappa shape index (κ2) is 6.30. The average Bonchev–Trinajstić information content (AvgIpc) is 2.79. The second-order valence-electron chi connectivity index (χ2n) is 5.65. The first-order valence-corrected chi connectivity index (χ1v) is 7.63. The van der Waals surface area contributed by atoms with Crippen molar-refractivity contribution in [2.75, 3.05) is 18.1 Å². The smallest absolute Gasteiger partial charge is 0.303 e. The maximum Gasteiger partial charge on any atom is 0.303 e. The maximum atomic E-state index is 13.5. The zero-order chi connectivity index (χ0) is 16.4. The van der Waals surface area contributed by atoms with Gasteiger partial charge in [-0.15, -0.1) is 0 Å². The number of quaternary nitrogens is 1. The van der Waals surface area contributed by atoms with Gasteiger partial charge in [0.25, 0.3) is 5.78 Å². The van der Waals surface area contributed by atoms with Crippen molar-refractivity contribution in [1.29, 1.82) is 0 Å². The highest BCUT2D eigenvalue weighted by molar-refractivity contribution is 6.52. The maximum absolute atomic E-state index is 13.5. The van der Waals surface area contributed by atoms with Gasteiger partial charge in [0.1, 0.15) is 12.4 Å². The predicted octanol–water partition coefficient (Wildman–Crippen LogP) is 1.42. The van der Waals surface area contributed by atoms with Crippen LogP contribution in [0.25, 0.3) is 0 Å². The molecule has 2 aromatic rings. The van der Waals surface area contributed by atoms with E-state index in [1.54, 1.807) is 0 Å². The second-order valence-corrected chi connectivity index (χ2v) is 5.65. The van der Waals surface area contributed by atoms with Gasteiger partial charge in [-0.05, 0) is 25.1 Å². The van der Waals surface area contributed by atoms with Crippen molar-refractivity contribution in [2.45, 2.75) is 13.5 Å². The molecule has 23 heavy (non-hydrogen) atoms. The number of carbonyl (C=O) groups excluding carboxylic acids is 2. The molecule has 0 radical (unpaired) electrons. The van der Waals surface area contributed by atoms with Gasteiger partial charge in [-0.25, -0.2) is 4.39 Å². The van der Waals surface area contributed by atoms with Crippen LogP contribution in [0.3, 0.4) is 0 Å². The van der Waals surface area contributed by atoms with Gasteiger partial charge in [-0.1, -0.05) is 30.3 Å². The first-order valence-electron chi connectivity index (χ1n) is 7.63. The third-order valence-corrected chi connectivity index (χ3v) is 4.11. The molecule has 118 valence electrons. The molecule has 1 N–H and O–H groups in total. The van der Waals surface area contributed by atoms with Gasteiger partial charge >= 0.3 is 5.91 Å². The Bertz CT molecular complexity index is 746. The summed E-state index contributed by atoms with van der Waals surface area (Å²) in [6.07, 6.45) is 0. The number of benzene rings is 2. The van der Waals surface area contributed by atoms with Gasteiger partial charge in [0.05, 0.1) is 17.8 Å². The van der Waals surface area contributed by atoms with Gasteiger partial charge in [0.15, 0.2) is 6.67 Å². The van der Waals surface area contributed by atoms with Crippen LogP contribution >= 0.6 is 0 Å². The van der Waals surface area contributed by atoms with Crippen LogP contribution in [0.15, 0.2) is 48.5 Å². The molecular formula is C18H18FN2O2+. The lowest BCUT2D eigenvalue weighted by molar-refractivity contribution is -0.910. The Morgan fingerprint density at radius 2 is 1.83 bits per heavy atom. The number of Topliss-reactive ketones (excluding diaryl/α,β-unsaturated/α-hetero) is 1. The molecule has 1 aliphatic heterocycles. The molecule has 2 aromatic carbocycles. The number of hydrogen-bond donors (Lipinski definition) is 1. The first-order chi connectivity index (χ1) is 11.1. The van der Waals surface area contributed by atoms with E-state index in [9.17, 15) is 14.0 Å². The fourth-order valence-corrected chi connectivity index (χ4v) is 2.83. The minimum Gasteiger partial charge on any atom is -0.314 e. The van der Waals surface area contributed by atoms with Crippen molar-refractivity contribution in [1.82, 2.24) is 0 Å². The highest BCUT2D eigenvalue weighted by Gasteiger charge is 2.37. The van der Waals surface area contributed by atoms with E-state index in [-0.39, 0.29) is 5.56 Å². The molecule has 0 fully saturated rings. The normalized spacial score (nSPS) is 15.0. The topological polar surface area (TPSA) is 41.8 Å². The monoisotopic (exact) mass is 313 g/mol. The summed E-state index contributed by atoms with van der Waals surface area (Å²) < 4.78 is 13.5. The molecular weight excluding hydrogens is 295 g/mol. The molecule has 0 saturated carbocycles. The van der Waals surface area contributed by atoms with E-state index in [4.69, 9.17) is 0 Å². The van der Waals surface area contributed by atoms with Gasteiger partial charge in [-0.2, -0.15) is 0 Å². The van der Waals surface area contributed by atoms with Crippen molar-refractivity contribution < 1.29 is 18.9 Å². The summed E-state index contributed by atoms with van der Waals surface area (Å²) in [4.78, 5) is 26.8. The highest BCUT2D eigenvalue weighted by atomic mass is 19.1. The minimum atomic E-state index is -0.579.